The van der Waals surface area contributed by atoms with Crippen LogP contribution in [0.5, 0.6) is 0 Å². The Kier molecular flexibility index (Phi) is 5.74. The van der Waals surface area contributed by atoms with Crippen LogP contribution in [0.15, 0.2) is 47.3 Å². The molecule has 32 heavy (non-hydrogen) atoms. The van der Waals surface area contributed by atoms with Gasteiger partial charge in [-0.1, -0.05) is 23.7 Å². The molecule has 0 unspecified atom stereocenters. The van der Waals surface area contributed by atoms with Crippen LogP contribution in [0.1, 0.15) is 22.4 Å². The average Bonchev–Trinajstić information content (AvgIpc) is 2.75. The van der Waals surface area contributed by atoms with Gasteiger partial charge in [-0.25, -0.2) is 4.98 Å². The molecule has 3 aromatic rings. The highest BCUT2D eigenvalue weighted by molar-refractivity contribution is 6.31. The van der Waals surface area contributed by atoms with Crippen molar-refractivity contribution in [2.24, 2.45) is 0 Å². The molecule has 0 spiro atoms. The molecule has 2 aromatic carbocycles. The third-order valence-electron chi connectivity index (χ3n) is 5.27. The Morgan fingerprint density at radius 2 is 1.91 bits per heavy atom. The first kappa shape index (κ1) is 22.0. The lowest BCUT2D eigenvalue weighted by Gasteiger charge is -2.28. The Hall–Kier alpha value is -3.24. The summed E-state index contributed by atoms with van der Waals surface area (Å²) in [4.78, 5) is 32.2. The van der Waals surface area contributed by atoms with E-state index in [4.69, 9.17) is 11.6 Å². The van der Waals surface area contributed by atoms with Gasteiger partial charge in [-0.3, -0.25) is 19.8 Å². The predicted octanol–water partition coefficient (Wildman–Crippen LogP) is 4.58. The van der Waals surface area contributed by atoms with E-state index in [1.165, 1.54) is 30.3 Å². The zero-order chi connectivity index (χ0) is 23.0. The fraction of sp³-hybridized carbons (Fsp3) is 0.238. The molecule has 0 atom stereocenters. The summed E-state index contributed by atoms with van der Waals surface area (Å²) < 4.78 is 38.3. The van der Waals surface area contributed by atoms with Crippen molar-refractivity contribution >= 4 is 17.3 Å². The molecule has 0 saturated heterocycles. The Morgan fingerprint density at radius 1 is 1.19 bits per heavy atom. The van der Waals surface area contributed by atoms with Crippen molar-refractivity contribution < 1.29 is 18.1 Å². The van der Waals surface area contributed by atoms with Crippen LogP contribution < -0.4 is 5.56 Å². The Balaban J connectivity index is 1.56. The zero-order valence-corrected chi connectivity index (χ0v) is 17.2. The highest BCUT2D eigenvalue weighted by atomic mass is 35.5. The van der Waals surface area contributed by atoms with Gasteiger partial charge >= 0.3 is 6.18 Å². The van der Waals surface area contributed by atoms with E-state index in [9.17, 15) is 28.1 Å². The highest BCUT2D eigenvalue weighted by Gasteiger charge is 2.30. The summed E-state index contributed by atoms with van der Waals surface area (Å²) in [7, 11) is 0. The van der Waals surface area contributed by atoms with Gasteiger partial charge < -0.3 is 4.98 Å². The van der Waals surface area contributed by atoms with Gasteiger partial charge in [-0.15, -0.1) is 0 Å². The normalized spacial score (nSPS) is 14.2. The lowest BCUT2D eigenvalue weighted by atomic mass is 10.0. The van der Waals surface area contributed by atoms with Gasteiger partial charge in [0.1, 0.15) is 5.82 Å². The molecule has 0 aliphatic carbocycles. The second kappa shape index (κ2) is 8.36. The molecule has 1 N–H and O–H groups in total. The van der Waals surface area contributed by atoms with E-state index in [1.807, 2.05) is 4.90 Å². The quantitative estimate of drug-likeness (QED) is 0.451. The van der Waals surface area contributed by atoms with Gasteiger partial charge in [0.15, 0.2) is 0 Å². The van der Waals surface area contributed by atoms with Crippen LogP contribution in [0.25, 0.3) is 11.4 Å². The maximum absolute atomic E-state index is 12.8. The number of rotatable bonds is 4. The van der Waals surface area contributed by atoms with E-state index in [0.29, 0.717) is 46.9 Å². The molecule has 166 valence electrons. The summed E-state index contributed by atoms with van der Waals surface area (Å²) >= 11 is 6.18. The van der Waals surface area contributed by atoms with Crippen molar-refractivity contribution in [2.45, 2.75) is 25.7 Å². The van der Waals surface area contributed by atoms with Crippen molar-refractivity contribution in [1.82, 2.24) is 14.9 Å². The van der Waals surface area contributed by atoms with E-state index >= 15 is 0 Å². The first-order chi connectivity index (χ1) is 15.1. The van der Waals surface area contributed by atoms with E-state index in [0.717, 1.165) is 12.1 Å². The van der Waals surface area contributed by atoms with E-state index < -0.39 is 16.7 Å². The monoisotopic (exact) mass is 464 g/mol. The number of hydrogen-bond acceptors (Lipinski definition) is 5. The fourth-order valence-electron chi connectivity index (χ4n) is 3.61. The second-order valence-corrected chi connectivity index (χ2v) is 7.82. The maximum Gasteiger partial charge on any atom is 0.416 e. The molecule has 0 bridgehead atoms. The summed E-state index contributed by atoms with van der Waals surface area (Å²) in [6.07, 6.45) is -4.00. The van der Waals surface area contributed by atoms with Crippen LogP contribution >= 0.6 is 11.6 Å². The number of aromatic amines is 1. The Morgan fingerprint density at radius 3 is 2.56 bits per heavy atom. The Bertz CT molecular complexity index is 1240. The molecule has 0 saturated carbocycles. The standard InChI is InChI=1S/C21H16ClF3N4O3/c22-17-6-5-15(29(31)32)9-13(17)10-28-8-7-18-16(11-28)20(30)27-19(26-18)12-1-3-14(4-2-12)21(23,24)25/h1-6,9H,7-8,10-11H2,(H,26,27,30). The molecule has 1 aliphatic heterocycles. The van der Waals surface area contributed by atoms with Gasteiger partial charge in [-0.05, 0) is 23.8 Å². The van der Waals surface area contributed by atoms with Gasteiger partial charge in [0, 0.05) is 48.8 Å². The first-order valence-corrected chi connectivity index (χ1v) is 9.94. The molecule has 1 aromatic heterocycles. The van der Waals surface area contributed by atoms with Crippen LogP contribution in [0.4, 0.5) is 18.9 Å². The summed E-state index contributed by atoms with van der Waals surface area (Å²) in [6, 6.07) is 8.64. The lowest BCUT2D eigenvalue weighted by Crippen LogP contribution is -2.35. The number of nitro groups is 1. The van der Waals surface area contributed by atoms with Crippen LogP contribution in [-0.4, -0.2) is 26.3 Å². The number of H-pyrrole nitrogens is 1. The third kappa shape index (κ3) is 4.51. The molecule has 0 amide bonds. The number of hydrogen-bond donors (Lipinski definition) is 1. The number of aromatic nitrogens is 2. The molecule has 4 rings (SSSR count). The summed E-state index contributed by atoms with van der Waals surface area (Å²) in [6.45, 7) is 1.12. The van der Waals surface area contributed by atoms with Crippen molar-refractivity contribution in [3.8, 4) is 11.4 Å². The number of benzene rings is 2. The fourth-order valence-corrected chi connectivity index (χ4v) is 3.78. The molecule has 11 heteroatoms. The summed E-state index contributed by atoms with van der Waals surface area (Å²) in [5.74, 6) is 0.206. The molecule has 2 heterocycles. The van der Waals surface area contributed by atoms with Crippen molar-refractivity contribution in [2.75, 3.05) is 6.54 Å². The lowest BCUT2D eigenvalue weighted by molar-refractivity contribution is -0.384. The van der Waals surface area contributed by atoms with Crippen LogP contribution in [-0.2, 0) is 25.7 Å². The second-order valence-electron chi connectivity index (χ2n) is 7.41. The number of nitro benzene ring substituents is 1. The molecular formula is C21H16ClF3N4O3. The number of fused-ring (bicyclic) bond motifs is 1. The minimum atomic E-state index is -4.44. The van der Waals surface area contributed by atoms with Crippen molar-refractivity contribution in [3.05, 3.63) is 90.3 Å². The smallest absolute Gasteiger partial charge is 0.306 e. The molecule has 0 radical (unpaired) electrons. The van der Waals surface area contributed by atoms with E-state index in [2.05, 4.69) is 9.97 Å². The Labute approximate surface area is 184 Å². The number of alkyl halides is 3. The van der Waals surface area contributed by atoms with Gasteiger partial charge in [0.05, 0.1) is 21.7 Å². The number of halogens is 4. The van der Waals surface area contributed by atoms with Gasteiger partial charge in [0.2, 0.25) is 0 Å². The largest absolute Gasteiger partial charge is 0.416 e. The zero-order valence-electron chi connectivity index (χ0n) is 16.4. The number of non-ortho nitro benzene ring substituents is 1. The van der Waals surface area contributed by atoms with Crippen molar-refractivity contribution in [3.63, 3.8) is 0 Å². The predicted molar refractivity (Wildman–Crippen MR) is 111 cm³/mol. The molecule has 0 fully saturated rings. The first-order valence-electron chi connectivity index (χ1n) is 9.56. The SMILES string of the molecule is O=c1[nH]c(-c2ccc(C(F)(F)F)cc2)nc2c1CN(Cc1cc([N+](=O)[O-])ccc1Cl)CC2. The van der Waals surface area contributed by atoms with Crippen LogP contribution in [0.2, 0.25) is 5.02 Å². The van der Waals surface area contributed by atoms with E-state index in [-0.39, 0.29) is 23.6 Å². The van der Waals surface area contributed by atoms with Gasteiger partial charge in [-0.2, -0.15) is 13.2 Å². The highest BCUT2D eigenvalue weighted by Crippen LogP contribution is 2.30. The number of nitrogens with zero attached hydrogens (tertiary/aromatic N) is 3. The summed E-state index contributed by atoms with van der Waals surface area (Å²) in [5, 5.41) is 11.4. The van der Waals surface area contributed by atoms with E-state index in [1.54, 1.807) is 0 Å². The average molecular weight is 465 g/mol. The molecule has 1 aliphatic rings. The maximum atomic E-state index is 12.8. The summed E-state index contributed by atoms with van der Waals surface area (Å²) in [5.41, 5.74) is 0.761. The minimum Gasteiger partial charge on any atom is -0.306 e. The number of nitrogens with one attached hydrogen (secondary N) is 1. The topological polar surface area (TPSA) is 92.1 Å². The third-order valence-corrected chi connectivity index (χ3v) is 5.64. The minimum absolute atomic E-state index is 0.0671. The van der Waals surface area contributed by atoms with Crippen molar-refractivity contribution in [1.29, 1.82) is 0 Å². The van der Waals surface area contributed by atoms with Crippen LogP contribution in [0.3, 0.4) is 0 Å². The van der Waals surface area contributed by atoms with Crippen LogP contribution in [0, 0.1) is 10.1 Å². The molecular weight excluding hydrogens is 449 g/mol. The van der Waals surface area contributed by atoms with Gasteiger partial charge in [0.25, 0.3) is 11.2 Å². The molecule has 7 nitrogen and oxygen atoms in total.